The highest BCUT2D eigenvalue weighted by molar-refractivity contribution is 5.81. The molecule has 0 spiro atoms. The second kappa shape index (κ2) is 5.29. The molecule has 6 heteroatoms. The third kappa shape index (κ3) is 2.59. The average molecular weight is 223 g/mol. The fourth-order valence-electron chi connectivity index (χ4n) is 1.45. The molecule has 0 aliphatic heterocycles. The van der Waals surface area contributed by atoms with Crippen LogP contribution >= 0.6 is 0 Å². The monoisotopic (exact) mass is 223 g/mol. The minimum Gasteiger partial charge on any atom is -0.383 e. The van der Waals surface area contributed by atoms with Crippen molar-refractivity contribution in [1.82, 2.24) is 15.3 Å². The Kier molecular flexibility index (Phi) is 4.04. The van der Waals surface area contributed by atoms with Crippen LogP contribution in [-0.4, -0.2) is 36.5 Å². The molecule has 0 radical (unpaired) electrons. The Bertz CT molecular complexity index is 379. The highest BCUT2D eigenvalue weighted by Crippen LogP contribution is 2.20. The number of likely N-dealkylation sites (N-methyl/N-ethyl adjacent to an activating group) is 2. The molecule has 1 amide bonds. The van der Waals surface area contributed by atoms with Crippen LogP contribution in [0.4, 0.5) is 11.6 Å². The summed E-state index contributed by atoms with van der Waals surface area (Å²) in [6, 6.07) is 0. The van der Waals surface area contributed by atoms with Crippen molar-refractivity contribution in [2.45, 2.75) is 13.3 Å². The average Bonchev–Trinajstić information content (AvgIpc) is 2.28. The van der Waals surface area contributed by atoms with Crippen molar-refractivity contribution in [3.05, 3.63) is 11.9 Å². The van der Waals surface area contributed by atoms with Gasteiger partial charge in [0.1, 0.15) is 18.0 Å². The summed E-state index contributed by atoms with van der Waals surface area (Å²) in [7, 11) is 3.40. The number of nitrogens with zero attached hydrogens (tertiary/aromatic N) is 3. The largest absolute Gasteiger partial charge is 0.383 e. The third-order valence-electron chi connectivity index (χ3n) is 2.33. The Morgan fingerprint density at radius 3 is 2.81 bits per heavy atom. The maximum absolute atomic E-state index is 11.3. The van der Waals surface area contributed by atoms with Gasteiger partial charge in [0.15, 0.2) is 0 Å². The maximum atomic E-state index is 11.3. The number of hydrogen-bond acceptors (Lipinski definition) is 5. The number of nitrogen functional groups attached to an aromatic ring is 1. The minimum atomic E-state index is -0.0678. The van der Waals surface area contributed by atoms with Gasteiger partial charge in [-0.05, 0) is 6.42 Å². The normalized spacial score (nSPS) is 9.94. The molecule has 0 saturated carbocycles. The summed E-state index contributed by atoms with van der Waals surface area (Å²) in [5.74, 6) is 1.11. The summed E-state index contributed by atoms with van der Waals surface area (Å²) >= 11 is 0. The zero-order valence-corrected chi connectivity index (χ0v) is 9.82. The van der Waals surface area contributed by atoms with Gasteiger partial charge in [-0.15, -0.1) is 0 Å². The Balaban J connectivity index is 2.94. The van der Waals surface area contributed by atoms with Gasteiger partial charge in [-0.3, -0.25) is 4.79 Å². The Hall–Kier alpha value is -1.85. The van der Waals surface area contributed by atoms with Gasteiger partial charge in [0.2, 0.25) is 5.91 Å². The zero-order chi connectivity index (χ0) is 12.1. The maximum Gasteiger partial charge on any atom is 0.239 e. The standard InChI is InChI=1S/C10H17N5O/c1-4-7-9(11)13-6-14-10(7)15(3)5-8(16)12-2/h6H,4-5H2,1-3H3,(H,12,16)(H2,11,13,14). The highest BCUT2D eigenvalue weighted by Gasteiger charge is 2.13. The molecule has 0 aliphatic rings. The molecule has 1 rings (SSSR count). The number of nitrogens with one attached hydrogen (secondary N) is 1. The third-order valence-corrected chi connectivity index (χ3v) is 2.33. The van der Waals surface area contributed by atoms with E-state index < -0.39 is 0 Å². The van der Waals surface area contributed by atoms with E-state index in [-0.39, 0.29) is 12.5 Å². The predicted octanol–water partition coefficient (Wildman–Crippen LogP) is -0.197. The Morgan fingerprint density at radius 2 is 2.25 bits per heavy atom. The van der Waals surface area contributed by atoms with Crippen LogP contribution in [0.15, 0.2) is 6.33 Å². The molecule has 3 N–H and O–H groups in total. The lowest BCUT2D eigenvalue weighted by Crippen LogP contribution is -2.34. The van der Waals surface area contributed by atoms with Crippen molar-refractivity contribution in [3.63, 3.8) is 0 Å². The zero-order valence-electron chi connectivity index (χ0n) is 9.82. The van der Waals surface area contributed by atoms with E-state index in [1.165, 1.54) is 6.33 Å². The molecule has 1 aromatic rings. The van der Waals surface area contributed by atoms with Gasteiger partial charge in [0, 0.05) is 19.7 Å². The second-order valence-electron chi connectivity index (χ2n) is 3.44. The van der Waals surface area contributed by atoms with Gasteiger partial charge in [0.05, 0.1) is 6.54 Å². The molecule has 16 heavy (non-hydrogen) atoms. The smallest absolute Gasteiger partial charge is 0.239 e. The van der Waals surface area contributed by atoms with E-state index in [9.17, 15) is 4.79 Å². The summed E-state index contributed by atoms with van der Waals surface area (Å²) in [6.07, 6.45) is 2.14. The number of nitrogens with two attached hydrogens (primary N) is 1. The van der Waals surface area contributed by atoms with Crippen molar-refractivity contribution in [1.29, 1.82) is 0 Å². The molecule has 0 saturated heterocycles. The van der Waals surface area contributed by atoms with Crippen LogP contribution in [0.1, 0.15) is 12.5 Å². The van der Waals surface area contributed by atoms with E-state index in [2.05, 4.69) is 15.3 Å². The fourth-order valence-corrected chi connectivity index (χ4v) is 1.45. The van der Waals surface area contributed by atoms with Gasteiger partial charge in [0.25, 0.3) is 0 Å². The molecule has 0 aliphatic carbocycles. The first-order valence-electron chi connectivity index (χ1n) is 5.11. The molecular weight excluding hydrogens is 206 g/mol. The van der Waals surface area contributed by atoms with Crippen molar-refractivity contribution in [2.75, 3.05) is 31.3 Å². The van der Waals surface area contributed by atoms with E-state index in [0.717, 1.165) is 12.0 Å². The summed E-state index contributed by atoms with van der Waals surface area (Å²) in [5.41, 5.74) is 6.62. The number of carbonyl (C=O) groups excluding carboxylic acids is 1. The lowest BCUT2D eigenvalue weighted by atomic mass is 10.2. The molecule has 6 nitrogen and oxygen atoms in total. The first-order valence-corrected chi connectivity index (χ1v) is 5.11. The number of amides is 1. The van der Waals surface area contributed by atoms with E-state index in [1.807, 2.05) is 6.92 Å². The van der Waals surface area contributed by atoms with Crippen LogP contribution < -0.4 is 16.0 Å². The Morgan fingerprint density at radius 1 is 1.56 bits per heavy atom. The van der Waals surface area contributed by atoms with Crippen molar-refractivity contribution in [2.24, 2.45) is 0 Å². The lowest BCUT2D eigenvalue weighted by molar-refractivity contribution is -0.119. The molecule has 0 unspecified atom stereocenters. The lowest BCUT2D eigenvalue weighted by Gasteiger charge is -2.20. The number of aromatic nitrogens is 2. The summed E-state index contributed by atoms with van der Waals surface area (Å²) in [4.78, 5) is 21.1. The van der Waals surface area contributed by atoms with Crippen LogP contribution in [0.5, 0.6) is 0 Å². The molecule has 0 aromatic carbocycles. The SMILES string of the molecule is CCc1c(N)ncnc1N(C)CC(=O)NC. The van der Waals surface area contributed by atoms with Crippen LogP contribution in [0.3, 0.4) is 0 Å². The summed E-state index contributed by atoms with van der Waals surface area (Å²) in [5, 5.41) is 2.56. The number of rotatable bonds is 4. The van der Waals surface area contributed by atoms with Crippen LogP contribution in [0, 0.1) is 0 Å². The molecule has 0 bridgehead atoms. The molecular formula is C10H17N5O. The topological polar surface area (TPSA) is 84.1 Å². The van der Waals surface area contributed by atoms with E-state index in [1.54, 1.807) is 19.0 Å². The number of anilines is 2. The fraction of sp³-hybridized carbons (Fsp3) is 0.500. The van der Waals surface area contributed by atoms with Crippen LogP contribution in [0.25, 0.3) is 0 Å². The predicted molar refractivity (Wildman–Crippen MR) is 63.2 cm³/mol. The molecule has 1 aromatic heterocycles. The molecule has 88 valence electrons. The number of hydrogen-bond donors (Lipinski definition) is 2. The second-order valence-corrected chi connectivity index (χ2v) is 3.44. The van der Waals surface area contributed by atoms with Crippen molar-refractivity contribution in [3.8, 4) is 0 Å². The highest BCUT2D eigenvalue weighted by atomic mass is 16.1. The first kappa shape index (κ1) is 12.2. The van der Waals surface area contributed by atoms with Gasteiger partial charge in [-0.2, -0.15) is 0 Å². The number of carbonyl (C=O) groups is 1. The molecule has 0 atom stereocenters. The molecule has 0 fully saturated rings. The van der Waals surface area contributed by atoms with E-state index in [4.69, 9.17) is 5.73 Å². The van der Waals surface area contributed by atoms with Crippen molar-refractivity contribution < 1.29 is 4.79 Å². The summed E-state index contributed by atoms with van der Waals surface area (Å²) in [6.45, 7) is 2.23. The summed E-state index contributed by atoms with van der Waals surface area (Å²) < 4.78 is 0. The van der Waals surface area contributed by atoms with E-state index >= 15 is 0 Å². The van der Waals surface area contributed by atoms with Crippen LogP contribution in [-0.2, 0) is 11.2 Å². The van der Waals surface area contributed by atoms with Gasteiger partial charge in [-0.25, -0.2) is 9.97 Å². The van der Waals surface area contributed by atoms with Gasteiger partial charge in [-0.1, -0.05) is 6.92 Å². The van der Waals surface area contributed by atoms with Gasteiger partial charge >= 0.3 is 0 Å². The quantitative estimate of drug-likeness (QED) is 0.738. The van der Waals surface area contributed by atoms with Crippen LogP contribution in [0.2, 0.25) is 0 Å². The van der Waals surface area contributed by atoms with Gasteiger partial charge < -0.3 is 16.0 Å². The van der Waals surface area contributed by atoms with E-state index in [0.29, 0.717) is 11.6 Å². The first-order chi connectivity index (χ1) is 7.60. The Labute approximate surface area is 94.9 Å². The van der Waals surface area contributed by atoms with Crippen molar-refractivity contribution >= 4 is 17.5 Å². The molecule has 1 heterocycles. The minimum absolute atomic E-state index is 0.0678.